The Labute approximate surface area is 288 Å². The van der Waals surface area contributed by atoms with Gasteiger partial charge >= 0.3 is 0 Å². The number of benzene rings is 7. The molecule has 7 aromatic carbocycles. The Balaban J connectivity index is 1.22. The Bertz CT molecular complexity index is 2830. The summed E-state index contributed by atoms with van der Waals surface area (Å²) in [5, 5.41) is 12.7. The zero-order valence-corrected chi connectivity index (χ0v) is 27.1. The van der Waals surface area contributed by atoms with Crippen LogP contribution >= 0.6 is 0 Å². The molecule has 50 heavy (non-hydrogen) atoms. The first-order valence-electron chi connectivity index (χ1n) is 17.2. The van der Waals surface area contributed by atoms with Crippen molar-refractivity contribution in [3.8, 4) is 27.9 Å². The lowest BCUT2D eigenvalue weighted by Crippen LogP contribution is -2.47. The van der Waals surface area contributed by atoms with Gasteiger partial charge in [-0.05, 0) is 41.0 Å². The molecule has 0 saturated carbocycles. The number of nitrogens with zero attached hydrogens (tertiary/aromatic N) is 3. The normalized spacial score (nSPS) is 16.6. The summed E-state index contributed by atoms with van der Waals surface area (Å²) in [4.78, 5) is 5.20. The van der Waals surface area contributed by atoms with Gasteiger partial charge in [-0.3, -0.25) is 5.32 Å². The molecule has 5 heteroatoms. The lowest BCUT2D eigenvalue weighted by atomic mass is 9.91. The van der Waals surface area contributed by atoms with Crippen molar-refractivity contribution < 1.29 is 0 Å². The van der Waals surface area contributed by atoms with E-state index in [1.165, 1.54) is 60.5 Å². The number of nitrogens with one attached hydrogen (secondary N) is 2. The molecule has 11 rings (SSSR count). The molecule has 9 aromatic rings. The minimum Gasteiger partial charge on any atom is -0.337 e. The van der Waals surface area contributed by atoms with Crippen molar-refractivity contribution in [3.63, 3.8) is 0 Å². The highest BCUT2D eigenvalue weighted by atomic mass is 15.4. The molecule has 0 aliphatic carbocycles. The molecule has 2 aromatic heterocycles. The van der Waals surface area contributed by atoms with Crippen LogP contribution in [0.25, 0.3) is 71.6 Å². The van der Waals surface area contributed by atoms with Crippen molar-refractivity contribution in [3.05, 3.63) is 175 Å². The Morgan fingerprint density at radius 3 is 2.00 bits per heavy atom. The molecule has 2 aliphatic rings. The third kappa shape index (κ3) is 3.84. The first-order valence-corrected chi connectivity index (χ1v) is 17.2. The summed E-state index contributed by atoms with van der Waals surface area (Å²) in [6.07, 6.45) is -0.505. The van der Waals surface area contributed by atoms with Crippen molar-refractivity contribution in [1.82, 2.24) is 19.8 Å². The molecule has 236 valence electrons. The van der Waals surface area contributed by atoms with Crippen LogP contribution in [0.5, 0.6) is 0 Å². The number of aliphatic imine (C=N–C) groups is 1. The number of fused-ring (bicyclic) bond motifs is 12. The van der Waals surface area contributed by atoms with Crippen LogP contribution in [0.15, 0.2) is 169 Å². The fourth-order valence-corrected chi connectivity index (χ4v) is 8.46. The molecule has 2 aliphatic heterocycles. The molecular weight excluding hydrogens is 611 g/mol. The van der Waals surface area contributed by atoms with E-state index >= 15 is 0 Å². The third-order valence-electron chi connectivity index (χ3n) is 10.5. The van der Waals surface area contributed by atoms with Gasteiger partial charge in [0, 0.05) is 38.2 Å². The maximum Gasteiger partial charge on any atom is 0.162 e. The second-order valence-corrected chi connectivity index (χ2v) is 13.2. The lowest BCUT2D eigenvalue weighted by molar-refractivity contribution is 0.329. The average molecular weight is 642 g/mol. The SMILES string of the molecule is c1ccc(C2=NC(c3ccccc3)NC(n3c4ccccc4c4c5c(ccc43)-n3c4ccccc4c4cccc(c43)-c3ccccc3-5)N2)cc1. The van der Waals surface area contributed by atoms with E-state index in [1.807, 2.05) is 6.07 Å². The van der Waals surface area contributed by atoms with Crippen molar-refractivity contribution in [1.29, 1.82) is 0 Å². The van der Waals surface area contributed by atoms with Gasteiger partial charge in [0.2, 0.25) is 0 Å². The molecule has 0 bridgehead atoms. The molecule has 0 saturated heterocycles. The summed E-state index contributed by atoms with van der Waals surface area (Å²) in [5.41, 5.74) is 13.2. The number of amidine groups is 1. The van der Waals surface area contributed by atoms with Gasteiger partial charge in [-0.25, -0.2) is 4.99 Å². The van der Waals surface area contributed by atoms with Crippen molar-refractivity contribution in [2.45, 2.75) is 12.5 Å². The molecule has 2 atom stereocenters. The minimum absolute atomic E-state index is 0.232. The maximum atomic E-state index is 5.20. The van der Waals surface area contributed by atoms with Gasteiger partial charge in [-0.1, -0.05) is 140 Å². The zero-order valence-electron chi connectivity index (χ0n) is 27.1. The highest BCUT2D eigenvalue weighted by Gasteiger charge is 2.31. The molecule has 0 amide bonds. The zero-order chi connectivity index (χ0) is 32.8. The molecule has 0 fully saturated rings. The Morgan fingerprint density at radius 1 is 0.500 bits per heavy atom. The van der Waals surface area contributed by atoms with E-state index in [2.05, 4.69) is 177 Å². The quantitative estimate of drug-likeness (QED) is 0.202. The summed E-state index contributed by atoms with van der Waals surface area (Å²) < 4.78 is 4.94. The lowest BCUT2D eigenvalue weighted by Gasteiger charge is -2.33. The van der Waals surface area contributed by atoms with Crippen LogP contribution in [0.1, 0.15) is 23.6 Å². The Morgan fingerprint density at radius 2 is 1.16 bits per heavy atom. The van der Waals surface area contributed by atoms with Crippen LogP contribution in [0, 0.1) is 0 Å². The van der Waals surface area contributed by atoms with E-state index in [9.17, 15) is 0 Å². The van der Waals surface area contributed by atoms with Crippen LogP contribution < -0.4 is 10.6 Å². The summed E-state index contributed by atoms with van der Waals surface area (Å²) >= 11 is 0. The first-order chi connectivity index (χ1) is 24.8. The number of hydrogen-bond acceptors (Lipinski definition) is 3. The maximum absolute atomic E-state index is 5.20. The average Bonchev–Trinajstić information content (AvgIpc) is 3.67. The van der Waals surface area contributed by atoms with E-state index in [4.69, 9.17) is 4.99 Å². The summed E-state index contributed by atoms with van der Waals surface area (Å²) in [6, 6.07) is 59.0. The molecule has 0 radical (unpaired) electrons. The van der Waals surface area contributed by atoms with E-state index in [0.29, 0.717) is 0 Å². The predicted molar refractivity (Wildman–Crippen MR) is 206 cm³/mol. The van der Waals surface area contributed by atoms with Crippen molar-refractivity contribution >= 4 is 49.4 Å². The molecule has 5 nitrogen and oxygen atoms in total. The number of para-hydroxylation sites is 3. The highest BCUT2D eigenvalue weighted by molar-refractivity contribution is 6.22. The van der Waals surface area contributed by atoms with Crippen LogP contribution in [-0.2, 0) is 0 Å². The minimum atomic E-state index is -0.273. The van der Waals surface area contributed by atoms with Gasteiger partial charge in [0.25, 0.3) is 0 Å². The van der Waals surface area contributed by atoms with Crippen LogP contribution in [-0.4, -0.2) is 15.0 Å². The largest absolute Gasteiger partial charge is 0.337 e. The van der Waals surface area contributed by atoms with Gasteiger partial charge in [0.15, 0.2) is 6.29 Å². The van der Waals surface area contributed by atoms with Gasteiger partial charge in [0.05, 0.1) is 27.8 Å². The summed E-state index contributed by atoms with van der Waals surface area (Å²) in [6.45, 7) is 0. The van der Waals surface area contributed by atoms with Gasteiger partial charge < -0.3 is 14.5 Å². The summed E-state index contributed by atoms with van der Waals surface area (Å²) in [5.74, 6) is 0.867. The second kappa shape index (κ2) is 10.5. The molecule has 2 N–H and O–H groups in total. The van der Waals surface area contributed by atoms with Crippen molar-refractivity contribution in [2.75, 3.05) is 0 Å². The first kappa shape index (κ1) is 27.5. The van der Waals surface area contributed by atoms with E-state index < -0.39 is 0 Å². The van der Waals surface area contributed by atoms with Crippen LogP contribution in [0.4, 0.5) is 0 Å². The Kier molecular flexibility index (Phi) is 5.80. The van der Waals surface area contributed by atoms with E-state index in [1.54, 1.807) is 0 Å². The summed E-state index contributed by atoms with van der Waals surface area (Å²) in [7, 11) is 0. The monoisotopic (exact) mass is 641 g/mol. The molecule has 0 spiro atoms. The van der Waals surface area contributed by atoms with Gasteiger partial charge in [0.1, 0.15) is 12.0 Å². The van der Waals surface area contributed by atoms with Crippen molar-refractivity contribution in [2.24, 2.45) is 4.99 Å². The molecule has 4 heterocycles. The second-order valence-electron chi connectivity index (χ2n) is 13.2. The van der Waals surface area contributed by atoms with Crippen LogP contribution in [0.2, 0.25) is 0 Å². The van der Waals surface area contributed by atoms with Gasteiger partial charge in [-0.15, -0.1) is 0 Å². The third-order valence-corrected chi connectivity index (χ3v) is 10.5. The predicted octanol–water partition coefficient (Wildman–Crippen LogP) is 10.3. The number of aromatic nitrogens is 2. The standard InChI is InChI=1S/C45H31N5/c1-3-14-28(15-4-1)43-46-44(29-16-5-2-6-17-29)48-45(47-43)50-37-25-12-10-21-35(37)41-39(50)27-26-38-40(41)32-20-8-7-18-30(32)33-22-13-23-34-31-19-9-11-24-36(31)49(38)42(33)34/h1-27,43,45,47H,(H,46,48). The number of rotatable bonds is 3. The molecular formula is C45H31N5. The van der Waals surface area contributed by atoms with Gasteiger partial charge in [-0.2, -0.15) is 0 Å². The molecule has 2 unspecified atom stereocenters. The smallest absolute Gasteiger partial charge is 0.162 e. The fourth-order valence-electron chi connectivity index (χ4n) is 8.46. The Hall–Kier alpha value is -6.43. The highest BCUT2D eigenvalue weighted by Crippen LogP contribution is 2.50. The number of hydrogen-bond donors (Lipinski definition) is 2. The topological polar surface area (TPSA) is 46.3 Å². The van der Waals surface area contributed by atoms with E-state index in [-0.39, 0.29) is 12.5 Å². The van der Waals surface area contributed by atoms with E-state index in [0.717, 1.165) is 28.0 Å². The van der Waals surface area contributed by atoms with Crippen LogP contribution in [0.3, 0.4) is 0 Å². The fraction of sp³-hybridized carbons (Fsp3) is 0.0444.